The quantitative estimate of drug-likeness (QED) is 0.673. The topological polar surface area (TPSA) is 38.9 Å². The van der Waals surface area contributed by atoms with Crippen LogP contribution in [0.1, 0.15) is 10.6 Å². The number of nitrogen functional groups attached to an aromatic ring is 1. The van der Waals surface area contributed by atoms with Crippen LogP contribution in [0.15, 0.2) is 12.1 Å². The van der Waals surface area contributed by atoms with Crippen molar-refractivity contribution in [2.75, 3.05) is 5.73 Å². The number of nitrogens with two attached hydrogens (primary N) is 1. The first-order valence-corrected chi connectivity index (χ1v) is 4.62. The number of anilines is 1. The Kier molecular flexibility index (Phi) is 1.54. The van der Waals surface area contributed by atoms with Crippen LogP contribution in [0.2, 0.25) is 0 Å². The number of pyridine rings is 1. The summed E-state index contributed by atoms with van der Waals surface area (Å²) in [6.45, 7) is 4.02. The lowest BCUT2D eigenvalue weighted by Crippen LogP contribution is -1.84. The fraction of sp³-hybridized carbons (Fsp3) is 0.222. The average molecular weight is 178 g/mol. The molecule has 2 N–H and O–H groups in total. The third-order valence-corrected chi connectivity index (χ3v) is 2.95. The molecule has 62 valence electrons. The minimum atomic E-state index is 0.877. The van der Waals surface area contributed by atoms with E-state index in [-0.39, 0.29) is 0 Å². The van der Waals surface area contributed by atoms with Gasteiger partial charge in [-0.1, -0.05) is 0 Å². The fourth-order valence-corrected chi connectivity index (χ4v) is 2.19. The van der Waals surface area contributed by atoms with Crippen molar-refractivity contribution in [3.05, 3.63) is 22.7 Å². The van der Waals surface area contributed by atoms with Gasteiger partial charge in [0.15, 0.2) is 0 Å². The minimum Gasteiger partial charge on any atom is -0.397 e. The highest BCUT2D eigenvalue weighted by atomic mass is 32.1. The summed E-state index contributed by atoms with van der Waals surface area (Å²) in [5.41, 5.74) is 7.78. The monoisotopic (exact) mass is 178 g/mol. The number of nitrogens with zero attached hydrogens (tertiary/aromatic N) is 1. The Morgan fingerprint density at radius 3 is 2.83 bits per heavy atom. The van der Waals surface area contributed by atoms with Gasteiger partial charge in [-0.25, -0.2) is 4.98 Å². The fourth-order valence-electron chi connectivity index (χ4n) is 1.21. The summed E-state index contributed by atoms with van der Waals surface area (Å²) in [4.78, 5) is 6.60. The molecule has 2 nitrogen and oxygen atoms in total. The molecule has 0 aliphatic carbocycles. The summed E-state index contributed by atoms with van der Waals surface area (Å²) >= 11 is 1.66. The van der Waals surface area contributed by atoms with Crippen LogP contribution < -0.4 is 5.73 Å². The lowest BCUT2D eigenvalue weighted by Gasteiger charge is -1.92. The molecule has 0 bridgehead atoms. The number of aryl methyl sites for hydroxylation is 2. The van der Waals surface area contributed by atoms with Crippen LogP contribution in [0, 0.1) is 13.8 Å². The summed E-state index contributed by atoms with van der Waals surface area (Å²) in [6.07, 6.45) is 0. The summed E-state index contributed by atoms with van der Waals surface area (Å²) in [7, 11) is 0. The molecule has 0 aliphatic rings. The summed E-state index contributed by atoms with van der Waals surface area (Å²) in [5, 5.41) is 1.09. The Labute approximate surface area is 75.0 Å². The highest BCUT2D eigenvalue weighted by Gasteiger charge is 2.05. The molecule has 0 aliphatic heterocycles. The van der Waals surface area contributed by atoms with Crippen LogP contribution in [-0.2, 0) is 0 Å². The van der Waals surface area contributed by atoms with Crippen LogP contribution >= 0.6 is 11.3 Å². The van der Waals surface area contributed by atoms with Crippen LogP contribution in [0.5, 0.6) is 0 Å². The smallest absolute Gasteiger partial charge is 0.125 e. The van der Waals surface area contributed by atoms with E-state index >= 15 is 0 Å². The number of hydrogen-bond acceptors (Lipinski definition) is 3. The lowest BCUT2D eigenvalue weighted by atomic mass is 10.2. The van der Waals surface area contributed by atoms with Crippen molar-refractivity contribution in [3.63, 3.8) is 0 Å². The molecule has 0 amide bonds. The number of hydrogen-bond donors (Lipinski definition) is 1. The molecule has 0 saturated carbocycles. The van der Waals surface area contributed by atoms with E-state index in [1.165, 1.54) is 0 Å². The van der Waals surface area contributed by atoms with Gasteiger partial charge in [0.1, 0.15) is 4.83 Å². The lowest BCUT2D eigenvalue weighted by molar-refractivity contribution is 1.27. The minimum absolute atomic E-state index is 0.877. The second kappa shape index (κ2) is 2.45. The van der Waals surface area contributed by atoms with Gasteiger partial charge in [0.2, 0.25) is 0 Å². The van der Waals surface area contributed by atoms with E-state index in [2.05, 4.69) is 4.98 Å². The van der Waals surface area contributed by atoms with Crippen molar-refractivity contribution in [1.82, 2.24) is 4.98 Å². The Hall–Kier alpha value is -1.09. The van der Waals surface area contributed by atoms with Crippen molar-refractivity contribution in [1.29, 1.82) is 0 Å². The molecule has 0 radical (unpaired) electrons. The molecule has 2 aromatic rings. The predicted molar refractivity (Wildman–Crippen MR) is 53.5 cm³/mol. The van der Waals surface area contributed by atoms with E-state index in [1.807, 2.05) is 26.0 Å². The molecule has 2 aromatic heterocycles. The van der Waals surface area contributed by atoms with Crippen molar-refractivity contribution in [3.8, 4) is 0 Å². The maximum atomic E-state index is 5.86. The molecule has 12 heavy (non-hydrogen) atoms. The number of thiophene rings is 1. The molecule has 0 aromatic carbocycles. The first kappa shape index (κ1) is 7.55. The second-order valence-corrected chi connectivity index (χ2v) is 4.08. The Morgan fingerprint density at radius 2 is 2.08 bits per heavy atom. The molecule has 0 unspecified atom stereocenters. The van der Waals surface area contributed by atoms with Crippen LogP contribution in [-0.4, -0.2) is 4.98 Å². The first-order valence-electron chi connectivity index (χ1n) is 3.80. The number of aromatic nitrogens is 1. The van der Waals surface area contributed by atoms with Gasteiger partial charge in [-0.05, 0) is 26.0 Å². The Balaban J connectivity index is 2.87. The SMILES string of the molecule is Cc1ccc2c(N)c(C)sc2n1. The number of fused-ring (bicyclic) bond motifs is 1. The zero-order chi connectivity index (χ0) is 8.72. The third kappa shape index (κ3) is 0.975. The molecular weight excluding hydrogens is 168 g/mol. The van der Waals surface area contributed by atoms with Gasteiger partial charge >= 0.3 is 0 Å². The molecule has 0 atom stereocenters. The van der Waals surface area contributed by atoms with Gasteiger partial charge in [-0.15, -0.1) is 11.3 Å². The zero-order valence-corrected chi connectivity index (χ0v) is 7.90. The van der Waals surface area contributed by atoms with Gasteiger partial charge in [-0.2, -0.15) is 0 Å². The average Bonchev–Trinajstić information content (AvgIpc) is 2.28. The normalized spacial score (nSPS) is 10.8. The molecule has 2 rings (SSSR count). The van der Waals surface area contributed by atoms with E-state index < -0.39 is 0 Å². The number of rotatable bonds is 0. The molecule has 0 fully saturated rings. The van der Waals surface area contributed by atoms with Crippen LogP contribution in [0.3, 0.4) is 0 Å². The summed E-state index contributed by atoms with van der Waals surface area (Å²) in [6, 6.07) is 4.03. The van der Waals surface area contributed by atoms with E-state index in [4.69, 9.17) is 5.73 Å². The van der Waals surface area contributed by atoms with Gasteiger partial charge < -0.3 is 5.73 Å². The highest BCUT2D eigenvalue weighted by Crippen LogP contribution is 2.31. The van der Waals surface area contributed by atoms with E-state index in [9.17, 15) is 0 Å². The van der Waals surface area contributed by atoms with E-state index in [0.717, 1.165) is 26.5 Å². The maximum Gasteiger partial charge on any atom is 0.125 e. The van der Waals surface area contributed by atoms with Gasteiger partial charge in [0, 0.05) is 16.0 Å². The van der Waals surface area contributed by atoms with Crippen molar-refractivity contribution < 1.29 is 0 Å². The highest BCUT2D eigenvalue weighted by molar-refractivity contribution is 7.19. The van der Waals surface area contributed by atoms with Crippen LogP contribution in [0.4, 0.5) is 5.69 Å². The predicted octanol–water partition coefficient (Wildman–Crippen LogP) is 2.50. The summed E-state index contributed by atoms with van der Waals surface area (Å²) in [5.74, 6) is 0. The molecule has 3 heteroatoms. The first-order chi connectivity index (χ1) is 5.68. The molecular formula is C9H10N2S. The van der Waals surface area contributed by atoms with E-state index in [0.29, 0.717) is 0 Å². The third-order valence-electron chi connectivity index (χ3n) is 1.92. The Bertz CT molecular complexity index is 431. The van der Waals surface area contributed by atoms with Crippen molar-refractivity contribution >= 4 is 27.2 Å². The van der Waals surface area contributed by atoms with Crippen molar-refractivity contribution in [2.45, 2.75) is 13.8 Å². The second-order valence-electron chi connectivity index (χ2n) is 2.88. The zero-order valence-electron chi connectivity index (χ0n) is 7.09. The Morgan fingerprint density at radius 1 is 1.33 bits per heavy atom. The van der Waals surface area contributed by atoms with Gasteiger partial charge in [-0.3, -0.25) is 0 Å². The van der Waals surface area contributed by atoms with E-state index in [1.54, 1.807) is 11.3 Å². The van der Waals surface area contributed by atoms with Gasteiger partial charge in [0.25, 0.3) is 0 Å². The maximum absolute atomic E-state index is 5.86. The summed E-state index contributed by atoms with van der Waals surface area (Å²) < 4.78 is 0. The molecule has 0 saturated heterocycles. The van der Waals surface area contributed by atoms with Crippen molar-refractivity contribution in [2.24, 2.45) is 0 Å². The largest absolute Gasteiger partial charge is 0.397 e. The van der Waals surface area contributed by atoms with Crippen LogP contribution in [0.25, 0.3) is 10.2 Å². The van der Waals surface area contributed by atoms with Gasteiger partial charge in [0.05, 0.1) is 5.69 Å². The molecule has 0 spiro atoms. The molecule has 2 heterocycles. The standard InChI is InChI=1S/C9H10N2S/c1-5-3-4-7-8(10)6(2)12-9(7)11-5/h3-4H,10H2,1-2H3.